The zero-order valence-electron chi connectivity index (χ0n) is 17.8. The summed E-state index contributed by atoms with van der Waals surface area (Å²) in [6.07, 6.45) is 0. The van der Waals surface area contributed by atoms with Crippen molar-refractivity contribution >= 4 is 17.6 Å². The molecule has 2 aromatic rings. The van der Waals surface area contributed by atoms with Crippen molar-refractivity contribution in [2.75, 3.05) is 44.6 Å². The van der Waals surface area contributed by atoms with Gasteiger partial charge in [0.2, 0.25) is 11.8 Å². The number of esters is 1. The Bertz CT molecular complexity index is 859. The van der Waals surface area contributed by atoms with Gasteiger partial charge in [-0.3, -0.25) is 14.6 Å². The molecule has 162 valence electrons. The van der Waals surface area contributed by atoms with Crippen LogP contribution in [0.3, 0.4) is 0 Å². The molecule has 0 aliphatic carbocycles. The Morgan fingerprint density at radius 2 is 1.87 bits per heavy atom. The summed E-state index contributed by atoms with van der Waals surface area (Å²) in [7, 11) is 0. The first kappa shape index (κ1) is 21.9. The van der Waals surface area contributed by atoms with Gasteiger partial charge in [-0.25, -0.2) is 4.79 Å². The third-order valence-electron chi connectivity index (χ3n) is 4.89. The zero-order chi connectivity index (χ0) is 21.5. The molecule has 9 heteroatoms. The second kappa shape index (κ2) is 10.3. The van der Waals surface area contributed by atoms with Gasteiger partial charge in [0.15, 0.2) is 5.82 Å². The molecule has 1 aliphatic heterocycles. The Labute approximate surface area is 176 Å². The highest BCUT2D eigenvalue weighted by Gasteiger charge is 2.22. The van der Waals surface area contributed by atoms with Gasteiger partial charge >= 0.3 is 5.97 Å². The number of amides is 1. The zero-order valence-corrected chi connectivity index (χ0v) is 17.8. The maximum atomic E-state index is 12.5. The number of aromatic nitrogens is 2. The SMILES string of the molecule is CCOC(=O)c1ccccc1NC(=O)CN1CCN(Cc2nc(C(C)C)no2)CC1. The van der Waals surface area contributed by atoms with Gasteiger partial charge in [0, 0.05) is 32.1 Å². The van der Waals surface area contributed by atoms with Crippen LogP contribution in [0, 0.1) is 0 Å². The Balaban J connectivity index is 1.47. The van der Waals surface area contributed by atoms with E-state index in [1.807, 2.05) is 13.8 Å². The van der Waals surface area contributed by atoms with Crippen LogP contribution in [0.15, 0.2) is 28.8 Å². The number of piperazine rings is 1. The number of ether oxygens (including phenoxy) is 1. The van der Waals surface area contributed by atoms with E-state index in [2.05, 4.69) is 25.3 Å². The molecule has 1 aromatic heterocycles. The molecule has 0 saturated carbocycles. The molecule has 0 unspecified atom stereocenters. The molecular formula is C21H29N5O4. The van der Waals surface area contributed by atoms with Crippen molar-refractivity contribution < 1.29 is 18.8 Å². The summed E-state index contributed by atoms with van der Waals surface area (Å²) in [5.41, 5.74) is 0.828. The lowest BCUT2D eigenvalue weighted by atomic mass is 10.2. The van der Waals surface area contributed by atoms with E-state index in [0.717, 1.165) is 32.0 Å². The molecule has 1 saturated heterocycles. The fourth-order valence-electron chi connectivity index (χ4n) is 3.24. The first-order valence-electron chi connectivity index (χ1n) is 10.3. The molecule has 30 heavy (non-hydrogen) atoms. The van der Waals surface area contributed by atoms with Crippen LogP contribution in [0.2, 0.25) is 0 Å². The van der Waals surface area contributed by atoms with Gasteiger partial charge in [-0.1, -0.05) is 31.1 Å². The van der Waals surface area contributed by atoms with Crippen LogP contribution in [-0.4, -0.2) is 71.1 Å². The van der Waals surface area contributed by atoms with Crippen molar-refractivity contribution in [1.82, 2.24) is 19.9 Å². The Kier molecular flexibility index (Phi) is 7.53. The predicted octanol–water partition coefficient (Wildman–Crippen LogP) is 2.13. The van der Waals surface area contributed by atoms with Crippen LogP contribution in [0.25, 0.3) is 0 Å². The van der Waals surface area contributed by atoms with Crippen LogP contribution in [0.1, 0.15) is 48.8 Å². The van der Waals surface area contributed by atoms with Crippen molar-refractivity contribution in [3.05, 3.63) is 41.5 Å². The molecule has 3 rings (SSSR count). The summed E-state index contributed by atoms with van der Waals surface area (Å²) in [6, 6.07) is 6.88. The summed E-state index contributed by atoms with van der Waals surface area (Å²) in [4.78, 5) is 33.3. The van der Waals surface area contributed by atoms with Gasteiger partial charge in [-0.05, 0) is 19.1 Å². The van der Waals surface area contributed by atoms with Gasteiger partial charge in [0.25, 0.3) is 0 Å². The molecular weight excluding hydrogens is 386 g/mol. The Hall–Kier alpha value is -2.78. The highest BCUT2D eigenvalue weighted by Crippen LogP contribution is 2.17. The summed E-state index contributed by atoms with van der Waals surface area (Å²) in [5.74, 6) is 0.998. The maximum absolute atomic E-state index is 12.5. The normalized spacial score (nSPS) is 15.3. The first-order chi connectivity index (χ1) is 14.5. The van der Waals surface area contributed by atoms with Crippen LogP contribution in [0.4, 0.5) is 5.69 Å². The number of carbonyl (C=O) groups is 2. The molecule has 0 spiro atoms. The molecule has 0 atom stereocenters. The minimum absolute atomic E-state index is 0.154. The molecule has 0 radical (unpaired) electrons. The van der Waals surface area contributed by atoms with Crippen LogP contribution in [-0.2, 0) is 16.1 Å². The molecule has 1 fully saturated rings. The van der Waals surface area contributed by atoms with Gasteiger partial charge < -0.3 is 14.6 Å². The number of nitrogens with one attached hydrogen (secondary N) is 1. The van der Waals surface area contributed by atoms with E-state index in [4.69, 9.17) is 9.26 Å². The minimum Gasteiger partial charge on any atom is -0.462 e. The van der Waals surface area contributed by atoms with Gasteiger partial charge in [0.1, 0.15) is 0 Å². The van der Waals surface area contributed by atoms with Crippen LogP contribution in [0.5, 0.6) is 0 Å². The average molecular weight is 415 g/mol. The fraction of sp³-hybridized carbons (Fsp3) is 0.524. The lowest BCUT2D eigenvalue weighted by molar-refractivity contribution is -0.117. The highest BCUT2D eigenvalue weighted by atomic mass is 16.5. The number of carbonyl (C=O) groups excluding carboxylic acids is 2. The number of nitrogens with zero attached hydrogens (tertiary/aromatic N) is 4. The predicted molar refractivity (Wildman–Crippen MR) is 111 cm³/mol. The molecule has 1 N–H and O–H groups in total. The third-order valence-corrected chi connectivity index (χ3v) is 4.89. The second-order valence-electron chi connectivity index (χ2n) is 7.57. The largest absolute Gasteiger partial charge is 0.462 e. The minimum atomic E-state index is -0.441. The second-order valence-corrected chi connectivity index (χ2v) is 7.57. The van der Waals surface area contributed by atoms with Crippen molar-refractivity contribution in [1.29, 1.82) is 0 Å². The number of para-hydroxylation sites is 1. The number of benzene rings is 1. The quantitative estimate of drug-likeness (QED) is 0.655. The Morgan fingerprint density at radius 1 is 1.17 bits per heavy atom. The van der Waals surface area contributed by atoms with Crippen molar-refractivity contribution in [3.63, 3.8) is 0 Å². The fourth-order valence-corrected chi connectivity index (χ4v) is 3.24. The lowest BCUT2D eigenvalue weighted by Gasteiger charge is -2.33. The van der Waals surface area contributed by atoms with E-state index in [1.165, 1.54) is 0 Å². The summed E-state index contributed by atoms with van der Waals surface area (Å²) in [6.45, 7) is 10.1. The lowest BCUT2D eigenvalue weighted by Crippen LogP contribution is -2.48. The van der Waals surface area contributed by atoms with E-state index in [0.29, 0.717) is 23.7 Å². The monoisotopic (exact) mass is 415 g/mol. The van der Waals surface area contributed by atoms with Crippen molar-refractivity contribution in [3.8, 4) is 0 Å². The topological polar surface area (TPSA) is 101 Å². The Morgan fingerprint density at radius 3 is 2.53 bits per heavy atom. The number of hydrogen-bond donors (Lipinski definition) is 1. The number of hydrogen-bond acceptors (Lipinski definition) is 8. The molecule has 1 aliphatic rings. The number of rotatable bonds is 8. The molecule has 1 aromatic carbocycles. The van der Waals surface area contributed by atoms with E-state index in [-0.39, 0.29) is 25.0 Å². The molecule has 9 nitrogen and oxygen atoms in total. The van der Waals surface area contributed by atoms with Gasteiger partial charge in [-0.2, -0.15) is 4.98 Å². The van der Waals surface area contributed by atoms with E-state index >= 15 is 0 Å². The van der Waals surface area contributed by atoms with Crippen molar-refractivity contribution in [2.24, 2.45) is 0 Å². The van der Waals surface area contributed by atoms with E-state index in [1.54, 1.807) is 31.2 Å². The maximum Gasteiger partial charge on any atom is 0.340 e. The number of anilines is 1. The first-order valence-corrected chi connectivity index (χ1v) is 10.3. The molecule has 0 bridgehead atoms. The molecule has 1 amide bonds. The average Bonchev–Trinajstić information content (AvgIpc) is 3.19. The smallest absolute Gasteiger partial charge is 0.340 e. The van der Waals surface area contributed by atoms with Crippen molar-refractivity contribution in [2.45, 2.75) is 33.2 Å². The summed E-state index contributed by atoms with van der Waals surface area (Å²) >= 11 is 0. The summed E-state index contributed by atoms with van der Waals surface area (Å²) in [5, 5.41) is 6.83. The molecule has 2 heterocycles. The van der Waals surface area contributed by atoms with Crippen LogP contribution < -0.4 is 5.32 Å². The van der Waals surface area contributed by atoms with E-state index < -0.39 is 5.97 Å². The summed E-state index contributed by atoms with van der Waals surface area (Å²) < 4.78 is 10.4. The van der Waals surface area contributed by atoms with Crippen LogP contribution >= 0.6 is 0 Å². The van der Waals surface area contributed by atoms with Gasteiger partial charge in [-0.15, -0.1) is 0 Å². The third kappa shape index (κ3) is 5.87. The standard InChI is InChI=1S/C21H29N5O4/c1-4-29-21(28)16-7-5-6-8-17(16)22-18(27)13-25-9-11-26(12-10-25)14-19-23-20(15(2)3)24-30-19/h5-8,15H,4,9-14H2,1-3H3,(H,22,27). The van der Waals surface area contributed by atoms with Gasteiger partial charge in [0.05, 0.1) is 30.9 Å². The highest BCUT2D eigenvalue weighted by molar-refractivity contribution is 6.01. The van der Waals surface area contributed by atoms with E-state index in [9.17, 15) is 9.59 Å².